The highest BCUT2D eigenvalue weighted by Gasteiger charge is 2.27. The summed E-state index contributed by atoms with van der Waals surface area (Å²) in [6.45, 7) is 5.77. The molecule has 0 aromatic carbocycles. The Morgan fingerprint density at radius 2 is 2.00 bits per heavy atom. The molecule has 96 valence electrons. The van der Waals surface area contributed by atoms with Gasteiger partial charge in [0.15, 0.2) is 0 Å². The van der Waals surface area contributed by atoms with Crippen LogP contribution in [0.4, 0.5) is 0 Å². The molecule has 16 heavy (non-hydrogen) atoms. The number of hydrogen-bond donors (Lipinski definition) is 2. The molecule has 1 heterocycles. The zero-order chi connectivity index (χ0) is 12.2. The molecule has 0 bridgehead atoms. The zero-order valence-electron chi connectivity index (χ0n) is 10.1. The number of rotatable bonds is 5. The van der Waals surface area contributed by atoms with Crippen molar-refractivity contribution < 1.29 is 8.42 Å². The first kappa shape index (κ1) is 13.9. The van der Waals surface area contributed by atoms with Crippen LogP contribution in [0.3, 0.4) is 0 Å². The third kappa shape index (κ3) is 4.01. The molecule has 6 heteroatoms. The van der Waals surface area contributed by atoms with E-state index in [4.69, 9.17) is 5.73 Å². The van der Waals surface area contributed by atoms with Crippen LogP contribution >= 0.6 is 0 Å². The molecule has 1 atom stereocenters. The maximum atomic E-state index is 12.0. The molecule has 0 aromatic rings. The van der Waals surface area contributed by atoms with Gasteiger partial charge in [0.05, 0.1) is 0 Å². The molecule has 1 fully saturated rings. The normalized spacial score (nSPS) is 22.2. The first-order chi connectivity index (χ1) is 7.45. The molecule has 1 unspecified atom stereocenters. The minimum atomic E-state index is -3.30. The van der Waals surface area contributed by atoms with Crippen LogP contribution in [0.2, 0.25) is 0 Å². The van der Waals surface area contributed by atoms with Gasteiger partial charge in [0.1, 0.15) is 0 Å². The molecule has 0 radical (unpaired) electrons. The number of piperidine rings is 1. The van der Waals surface area contributed by atoms with Crippen LogP contribution in [0.5, 0.6) is 0 Å². The summed E-state index contributed by atoms with van der Waals surface area (Å²) < 4.78 is 28.1. The maximum absolute atomic E-state index is 12.0. The Hall–Kier alpha value is -0.170. The lowest BCUT2D eigenvalue weighted by atomic mass is 10.0. The second-order valence-corrected chi connectivity index (χ2v) is 6.39. The first-order valence-electron chi connectivity index (χ1n) is 5.93. The van der Waals surface area contributed by atoms with Crippen molar-refractivity contribution in [1.82, 2.24) is 9.03 Å². The van der Waals surface area contributed by atoms with Gasteiger partial charge < -0.3 is 5.73 Å². The van der Waals surface area contributed by atoms with Gasteiger partial charge in [-0.1, -0.05) is 6.92 Å². The summed E-state index contributed by atoms with van der Waals surface area (Å²) in [4.78, 5) is 0. The fraction of sp³-hybridized carbons (Fsp3) is 1.00. The number of nitrogens with zero attached hydrogens (tertiary/aromatic N) is 1. The average Bonchev–Trinajstić information content (AvgIpc) is 2.17. The minimum absolute atomic E-state index is 0.0886. The van der Waals surface area contributed by atoms with E-state index in [2.05, 4.69) is 11.6 Å². The minimum Gasteiger partial charge on any atom is -0.330 e. The highest BCUT2D eigenvalue weighted by molar-refractivity contribution is 7.87. The van der Waals surface area contributed by atoms with E-state index in [1.165, 1.54) is 0 Å². The first-order valence-corrected chi connectivity index (χ1v) is 7.37. The highest BCUT2D eigenvalue weighted by atomic mass is 32.2. The summed E-state index contributed by atoms with van der Waals surface area (Å²) in [6.07, 6.45) is 2.57. The van der Waals surface area contributed by atoms with Crippen LogP contribution in [0.15, 0.2) is 0 Å². The van der Waals surface area contributed by atoms with Gasteiger partial charge >= 0.3 is 0 Å². The summed E-state index contributed by atoms with van der Waals surface area (Å²) in [5.41, 5.74) is 5.40. The van der Waals surface area contributed by atoms with Crippen LogP contribution in [0, 0.1) is 5.92 Å². The van der Waals surface area contributed by atoms with Crippen molar-refractivity contribution in [3.05, 3.63) is 0 Å². The van der Waals surface area contributed by atoms with E-state index in [0.29, 0.717) is 32.0 Å². The summed E-state index contributed by atoms with van der Waals surface area (Å²) in [6, 6.07) is -0.0886. The molecular formula is C10H23N3O2S. The predicted molar refractivity (Wildman–Crippen MR) is 65.2 cm³/mol. The van der Waals surface area contributed by atoms with Crippen molar-refractivity contribution in [2.75, 3.05) is 19.6 Å². The Morgan fingerprint density at radius 1 is 1.44 bits per heavy atom. The van der Waals surface area contributed by atoms with Crippen LogP contribution in [-0.4, -0.2) is 38.4 Å². The molecule has 0 aliphatic carbocycles. The third-order valence-electron chi connectivity index (χ3n) is 3.03. The second-order valence-electron chi connectivity index (χ2n) is 4.68. The molecule has 0 spiro atoms. The van der Waals surface area contributed by atoms with Crippen molar-refractivity contribution in [2.24, 2.45) is 11.7 Å². The molecule has 0 saturated carbocycles. The largest absolute Gasteiger partial charge is 0.330 e. The van der Waals surface area contributed by atoms with Crippen molar-refractivity contribution >= 4 is 10.2 Å². The molecule has 1 saturated heterocycles. The zero-order valence-corrected chi connectivity index (χ0v) is 11.0. The van der Waals surface area contributed by atoms with Crippen molar-refractivity contribution in [2.45, 2.75) is 39.2 Å². The molecule has 0 aromatic heterocycles. The molecule has 5 nitrogen and oxygen atoms in total. The molecule has 3 N–H and O–H groups in total. The smallest absolute Gasteiger partial charge is 0.279 e. The van der Waals surface area contributed by atoms with E-state index in [1.54, 1.807) is 4.31 Å². The lowest BCUT2D eigenvalue weighted by Gasteiger charge is -2.30. The van der Waals surface area contributed by atoms with Gasteiger partial charge in [-0.05, 0) is 38.6 Å². The van der Waals surface area contributed by atoms with E-state index in [-0.39, 0.29) is 6.04 Å². The predicted octanol–water partition coefficient (Wildman–Crippen LogP) is 0.290. The van der Waals surface area contributed by atoms with Gasteiger partial charge in [0, 0.05) is 19.1 Å². The fourth-order valence-corrected chi connectivity index (χ4v) is 3.33. The van der Waals surface area contributed by atoms with Crippen LogP contribution < -0.4 is 10.5 Å². The number of nitrogens with two attached hydrogens (primary N) is 1. The summed E-state index contributed by atoms with van der Waals surface area (Å²) in [5.74, 6) is 0.632. The quantitative estimate of drug-likeness (QED) is 0.735. The molecule has 1 aliphatic heterocycles. The summed E-state index contributed by atoms with van der Waals surface area (Å²) in [5, 5.41) is 0. The Labute approximate surface area is 98.6 Å². The van der Waals surface area contributed by atoms with Crippen LogP contribution in [-0.2, 0) is 10.2 Å². The van der Waals surface area contributed by atoms with Crippen molar-refractivity contribution in [3.8, 4) is 0 Å². The van der Waals surface area contributed by atoms with E-state index in [0.717, 1.165) is 12.8 Å². The maximum Gasteiger partial charge on any atom is 0.279 e. The van der Waals surface area contributed by atoms with E-state index in [1.807, 2.05) is 6.92 Å². The Morgan fingerprint density at radius 3 is 2.50 bits per heavy atom. The summed E-state index contributed by atoms with van der Waals surface area (Å²) >= 11 is 0. The van der Waals surface area contributed by atoms with Gasteiger partial charge in [-0.2, -0.15) is 17.4 Å². The van der Waals surface area contributed by atoms with Gasteiger partial charge in [-0.15, -0.1) is 0 Å². The van der Waals surface area contributed by atoms with Crippen molar-refractivity contribution in [1.29, 1.82) is 0 Å². The monoisotopic (exact) mass is 249 g/mol. The Kier molecular flexibility index (Phi) is 5.17. The average molecular weight is 249 g/mol. The number of nitrogens with one attached hydrogen (secondary N) is 1. The topological polar surface area (TPSA) is 75.4 Å². The second kappa shape index (κ2) is 5.95. The van der Waals surface area contributed by atoms with Gasteiger partial charge in [-0.3, -0.25) is 0 Å². The van der Waals surface area contributed by atoms with E-state index < -0.39 is 10.2 Å². The molecular weight excluding hydrogens is 226 g/mol. The van der Waals surface area contributed by atoms with Crippen LogP contribution in [0.25, 0.3) is 0 Å². The van der Waals surface area contributed by atoms with Crippen LogP contribution in [0.1, 0.15) is 33.1 Å². The van der Waals surface area contributed by atoms with Gasteiger partial charge in [-0.25, -0.2) is 0 Å². The van der Waals surface area contributed by atoms with Gasteiger partial charge in [0.2, 0.25) is 0 Å². The molecule has 1 rings (SSSR count). The SMILES string of the molecule is CC1CCN(S(=O)(=O)NC(C)CCN)CC1. The van der Waals surface area contributed by atoms with E-state index in [9.17, 15) is 8.42 Å². The molecule has 1 aliphatic rings. The Balaban J connectivity index is 2.50. The van der Waals surface area contributed by atoms with Gasteiger partial charge in [0.25, 0.3) is 10.2 Å². The fourth-order valence-electron chi connectivity index (χ4n) is 1.86. The lowest BCUT2D eigenvalue weighted by molar-refractivity contribution is 0.283. The third-order valence-corrected chi connectivity index (χ3v) is 4.78. The standard InChI is InChI=1S/C10H23N3O2S/c1-9-4-7-13(8-5-9)16(14,15)12-10(2)3-6-11/h9-10,12H,3-8,11H2,1-2H3. The lowest BCUT2D eigenvalue weighted by Crippen LogP contribution is -2.47. The van der Waals surface area contributed by atoms with E-state index >= 15 is 0 Å². The highest BCUT2D eigenvalue weighted by Crippen LogP contribution is 2.18. The molecule has 0 amide bonds. The number of hydrogen-bond acceptors (Lipinski definition) is 3. The summed E-state index contributed by atoms with van der Waals surface area (Å²) in [7, 11) is -3.30. The van der Waals surface area contributed by atoms with Crippen molar-refractivity contribution in [3.63, 3.8) is 0 Å². The Bertz CT molecular complexity index is 297.